The van der Waals surface area contributed by atoms with Gasteiger partial charge in [-0.1, -0.05) is 31.4 Å². The van der Waals surface area contributed by atoms with E-state index in [1.165, 1.54) is 0 Å². The molecule has 0 radical (unpaired) electrons. The molecule has 0 atom stereocenters. The molecule has 1 aromatic rings. The molecule has 6 heteroatoms. The number of hydrogen-bond acceptors (Lipinski definition) is 6. The van der Waals surface area contributed by atoms with Crippen molar-refractivity contribution in [2.24, 2.45) is 0 Å². The molecule has 0 aromatic heterocycles. The topological polar surface area (TPSA) is 65.0 Å². The zero-order chi connectivity index (χ0) is 20.7. The number of allylic oxidation sites excluding steroid dienone is 2. The van der Waals surface area contributed by atoms with Crippen molar-refractivity contribution in [1.29, 1.82) is 0 Å². The van der Waals surface area contributed by atoms with E-state index in [0.29, 0.717) is 41.4 Å². The average Bonchev–Trinajstić information content (AvgIpc) is 3.07. The Balaban J connectivity index is 2.03. The summed E-state index contributed by atoms with van der Waals surface area (Å²) >= 11 is 5.28. The van der Waals surface area contributed by atoms with Gasteiger partial charge in [0, 0.05) is 17.5 Å². The van der Waals surface area contributed by atoms with Crippen LogP contribution in [0.25, 0.3) is 0 Å². The number of aromatic hydroxyl groups is 1. The fourth-order valence-electron chi connectivity index (χ4n) is 3.32. The van der Waals surface area contributed by atoms with Crippen molar-refractivity contribution in [3.63, 3.8) is 0 Å². The summed E-state index contributed by atoms with van der Waals surface area (Å²) in [5, 5.41) is 11.3. The number of carbonyl (C=O) groups excluding carboxylic acids is 1. The maximum atomic E-state index is 12.0. The SMILES string of the molecule is CCCCCOC(=S)CC/C(C)=C/Cc1c(O)c2c(c(C)c1OC)COC2=O. The van der Waals surface area contributed by atoms with E-state index in [0.717, 1.165) is 36.8 Å². The number of unbranched alkanes of at least 4 members (excludes halogenated alkanes) is 2. The summed E-state index contributed by atoms with van der Waals surface area (Å²) in [6, 6.07) is 0. The van der Waals surface area contributed by atoms with Gasteiger partial charge >= 0.3 is 5.97 Å². The van der Waals surface area contributed by atoms with E-state index >= 15 is 0 Å². The number of phenols is 1. The Kier molecular flexibility index (Phi) is 8.30. The van der Waals surface area contributed by atoms with E-state index in [2.05, 4.69) is 6.92 Å². The zero-order valence-electron chi connectivity index (χ0n) is 17.2. The molecule has 0 saturated carbocycles. The van der Waals surface area contributed by atoms with Crippen molar-refractivity contribution >= 4 is 23.2 Å². The first-order chi connectivity index (χ1) is 13.4. The number of fused-ring (bicyclic) bond motifs is 1. The number of methoxy groups -OCH3 is 1. The van der Waals surface area contributed by atoms with Crippen molar-refractivity contribution in [1.82, 2.24) is 0 Å². The third kappa shape index (κ3) is 5.25. The number of hydrogen-bond donors (Lipinski definition) is 1. The summed E-state index contributed by atoms with van der Waals surface area (Å²) in [6.45, 7) is 6.93. The predicted molar refractivity (Wildman–Crippen MR) is 113 cm³/mol. The van der Waals surface area contributed by atoms with E-state index in [1.54, 1.807) is 7.11 Å². The number of carbonyl (C=O) groups is 1. The molecular formula is C22H30O5S. The van der Waals surface area contributed by atoms with Crippen molar-refractivity contribution in [3.8, 4) is 11.5 Å². The molecule has 1 aliphatic heterocycles. The molecule has 0 bridgehead atoms. The van der Waals surface area contributed by atoms with Crippen LogP contribution >= 0.6 is 12.2 Å². The molecule has 1 aliphatic rings. The number of ether oxygens (including phenoxy) is 3. The third-order valence-corrected chi connectivity index (χ3v) is 5.36. The number of cyclic esters (lactones) is 1. The molecule has 154 valence electrons. The van der Waals surface area contributed by atoms with Gasteiger partial charge in [-0.3, -0.25) is 0 Å². The van der Waals surface area contributed by atoms with Gasteiger partial charge in [-0.15, -0.1) is 0 Å². The van der Waals surface area contributed by atoms with Gasteiger partial charge in [0.25, 0.3) is 0 Å². The molecule has 0 fully saturated rings. The maximum absolute atomic E-state index is 12.0. The van der Waals surface area contributed by atoms with Gasteiger partial charge in [-0.05, 0) is 50.9 Å². The molecule has 0 saturated heterocycles. The second kappa shape index (κ2) is 10.5. The highest BCUT2D eigenvalue weighted by atomic mass is 32.1. The van der Waals surface area contributed by atoms with Crippen molar-refractivity contribution < 1.29 is 24.1 Å². The van der Waals surface area contributed by atoms with Crippen LogP contribution in [0.1, 0.15) is 73.0 Å². The van der Waals surface area contributed by atoms with Gasteiger partial charge < -0.3 is 19.3 Å². The lowest BCUT2D eigenvalue weighted by molar-refractivity contribution is 0.0533. The minimum Gasteiger partial charge on any atom is -0.507 e. The molecule has 1 heterocycles. The number of phenolic OH excluding ortho intramolecular Hbond substituents is 1. The Hall–Kier alpha value is -2.08. The lowest BCUT2D eigenvalue weighted by Gasteiger charge is -2.15. The molecular weight excluding hydrogens is 376 g/mol. The van der Waals surface area contributed by atoms with Crippen LogP contribution in [-0.4, -0.2) is 29.8 Å². The monoisotopic (exact) mass is 406 g/mol. The number of esters is 1. The fraction of sp³-hybridized carbons (Fsp3) is 0.545. The van der Waals surface area contributed by atoms with Crippen LogP contribution < -0.4 is 4.74 Å². The highest BCUT2D eigenvalue weighted by Gasteiger charge is 2.31. The summed E-state index contributed by atoms with van der Waals surface area (Å²) in [5.74, 6) is 0.0814. The lowest BCUT2D eigenvalue weighted by atomic mass is 9.94. The van der Waals surface area contributed by atoms with Crippen molar-refractivity contribution in [3.05, 3.63) is 33.9 Å². The molecule has 0 unspecified atom stereocenters. The second-order valence-electron chi connectivity index (χ2n) is 7.10. The molecule has 28 heavy (non-hydrogen) atoms. The summed E-state index contributed by atoms with van der Waals surface area (Å²) in [5.41, 5.74) is 3.55. The van der Waals surface area contributed by atoms with Crippen molar-refractivity contribution in [2.75, 3.05) is 13.7 Å². The minimum absolute atomic E-state index is 0.0428. The van der Waals surface area contributed by atoms with Crippen LogP contribution in [0.4, 0.5) is 0 Å². The average molecular weight is 407 g/mol. The smallest absolute Gasteiger partial charge is 0.342 e. The Morgan fingerprint density at radius 1 is 1.32 bits per heavy atom. The van der Waals surface area contributed by atoms with Crippen molar-refractivity contribution in [2.45, 2.75) is 65.9 Å². The van der Waals surface area contributed by atoms with E-state index in [9.17, 15) is 9.90 Å². The maximum Gasteiger partial charge on any atom is 0.342 e. The largest absolute Gasteiger partial charge is 0.507 e. The minimum atomic E-state index is -0.481. The molecule has 0 aliphatic carbocycles. The molecule has 1 aromatic carbocycles. The van der Waals surface area contributed by atoms with Crippen LogP contribution in [0.5, 0.6) is 11.5 Å². The van der Waals surface area contributed by atoms with Gasteiger partial charge in [0.15, 0.2) is 5.05 Å². The third-order valence-electron chi connectivity index (χ3n) is 5.04. The first-order valence-electron chi connectivity index (χ1n) is 9.80. The number of thiocarbonyl (C=S) groups is 1. The van der Waals surface area contributed by atoms with Gasteiger partial charge in [-0.25, -0.2) is 4.79 Å². The summed E-state index contributed by atoms with van der Waals surface area (Å²) in [6.07, 6.45) is 7.33. The number of benzene rings is 1. The highest BCUT2D eigenvalue weighted by molar-refractivity contribution is 7.80. The normalized spacial score (nSPS) is 13.3. The van der Waals surface area contributed by atoms with Crippen LogP contribution in [-0.2, 0) is 22.5 Å². The quantitative estimate of drug-likeness (QED) is 0.250. The van der Waals surface area contributed by atoms with Gasteiger partial charge in [0.05, 0.1) is 13.7 Å². The van der Waals surface area contributed by atoms with Crippen LogP contribution in [0, 0.1) is 6.92 Å². The Bertz CT molecular complexity index is 767. The van der Waals surface area contributed by atoms with Gasteiger partial charge in [0.1, 0.15) is 23.7 Å². The Morgan fingerprint density at radius 2 is 2.07 bits per heavy atom. The first kappa shape index (κ1) is 22.2. The molecule has 1 N–H and O–H groups in total. The van der Waals surface area contributed by atoms with Crippen LogP contribution in [0.15, 0.2) is 11.6 Å². The Morgan fingerprint density at radius 3 is 2.75 bits per heavy atom. The lowest BCUT2D eigenvalue weighted by Crippen LogP contribution is -2.04. The van der Waals surface area contributed by atoms with Gasteiger partial charge in [-0.2, -0.15) is 0 Å². The zero-order valence-corrected chi connectivity index (χ0v) is 18.0. The highest BCUT2D eigenvalue weighted by Crippen LogP contribution is 2.42. The number of rotatable bonds is 10. The van der Waals surface area contributed by atoms with Crippen LogP contribution in [0.2, 0.25) is 0 Å². The van der Waals surface area contributed by atoms with E-state index in [4.69, 9.17) is 26.4 Å². The molecule has 2 rings (SSSR count). The van der Waals surface area contributed by atoms with E-state index in [1.807, 2.05) is 19.9 Å². The summed E-state index contributed by atoms with van der Waals surface area (Å²) in [7, 11) is 1.57. The fourth-order valence-corrected chi connectivity index (χ4v) is 3.50. The van der Waals surface area contributed by atoms with Gasteiger partial charge in [0.2, 0.25) is 0 Å². The summed E-state index contributed by atoms with van der Waals surface area (Å²) < 4.78 is 16.2. The van der Waals surface area contributed by atoms with E-state index in [-0.39, 0.29) is 17.9 Å². The predicted octanol–water partition coefficient (Wildman–Crippen LogP) is 5.18. The second-order valence-corrected chi connectivity index (χ2v) is 7.55. The standard InChI is InChI=1S/C22H30O5S/c1-5-6-7-12-26-18(28)11-9-14(2)8-10-16-20(23)19-17(13-27-22(19)24)15(3)21(16)25-4/h8,23H,5-7,9-13H2,1-4H3/b14-8+. The molecule has 5 nitrogen and oxygen atoms in total. The first-order valence-corrected chi connectivity index (χ1v) is 10.2. The molecule has 0 spiro atoms. The summed E-state index contributed by atoms with van der Waals surface area (Å²) in [4.78, 5) is 12.0. The molecule has 0 amide bonds. The Labute approximate surface area is 172 Å². The van der Waals surface area contributed by atoms with Crippen LogP contribution in [0.3, 0.4) is 0 Å². The van der Waals surface area contributed by atoms with E-state index < -0.39 is 5.97 Å².